The number of hydrogen-bond acceptors (Lipinski definition) is 3. The third-order valence-electron chi connectivity index (χ3n) is 5.33. The Morgan fingerprint density at radius 2 is 1.80 bits per heavy atom. The van der Waals surface area contributed by atoms with Crippen LogP contribution in [0.15, 0.2) is 30.3 Å². The SMILES string of the molecule is N#CC1CCCN1C(=O)[C@@H](NC(=O)C1CCCCC1)c1ccccc1. The van der Waals surface area contributed by atoms with E-state index in [2.05, 4.69) is 11.4 Å². The van der Waals surface area contributed by atoms with Gasteiger partial charge < -0.3 is 10.2 Å². The molecule has 1 saturated carbocycles. The largest absolute Gasteiger partial charge is 0.340 e. The number of nitrogens with zero attached hydrogens (tertiary/aromatic N) is 2. The first-order valence-electron chi connectivity index (χ1n) is 9.26. The lowest BCUT2D eigenvalue weighted by Gasteiger charge is -2.29. The summed E-state index contributed by atoms with van der Waals surface area (Å²) < 4.78 is 0. The monoisotopic (exact) mass is 339 g/mol. The molecule has 2 atom stereocenters. The molecule has 1 heterocycles. The van der Waals surface area contributed by atoms with Crippen LogP contribution in [0, 0.1) is 17.2 Å². The van der Waals surface area contributed by atoms with Gasteiger partial charge in [0.1, 0.15) is 12.1 Å². The van der Waals surface area contributed by atoms with Gasteiger partial charge in [-0.05, 0) is 31.2 Å². The van der Waals surface area contributed by atoms with Gasteiger partial charge in [-0.1, -0.05) is 49.6 Å². The second kappa shape index (κ2) is 8.15. The van der Waals surface area contributed by atoms with Crippen molar-refractivity contribution in [3.63, 3.8) is 0 Å². The number of nitriles is 1. The highest BCUT2D eigenvalue weighted by atomic mass is 16.2. The van der Waals surface area contributed by atoms with Gasteiger partial charge in [-0.2, -0.15) is 5.26 Å². The van der Waals surface area contributed by atoms with Crippen LogP contribution in [-0.2, 0) is 9.59 Å². The Hall–Kier alpha value is -2.35. The molecular formula is C20H25N3O2. The summed E-state index contributed by atoms with van der Waals surface area (Å²) in [7, 11) is 0. The van der Waals surface area contributed by atoms with Gasteiger partial charge in [-0.25, -0.2) is 0 Å². The van der Waals surface area contributed by atoms with Crippen LogP contribution in [0.5, 0.6) is 0 Å². The van der Waals surface area contributed by atoms with E-state index >= 15 is 0 Å². The molecule has 25 heavy (non-hydrogen) atoms. The fraction of sp³-hybridized carbons (Fsp3) is 0.550. The van der Waals surface area contributed by atoms with E-state index in [0.717, 1.165) is 37.7 Å². The van der Waals surface area contributed by atoms with Crippen LogP contribution in [0.25, 0.3) is 0 Å². The van der Waals surface area contributed by atoms with Crippen LogP contribution in [0.2, 0.25) is 0 Å². The van der Waals surface area contributed by atoms with Gasteiger partial charge in [0.2, 0.25) is 5.91 Å². The van der Waals surface area contributed by atoms with E-state index in [9.17, 15) is 14.9 Å². The summed E-state index contributed by atoms with van der Waals surface area (Å²) in [6.45, 7) is 0.583. The number of hydrogen-bond donors (Lipinski definition) is 1. The first kappa shape index (κ1) is 17.5. The summed E-state index contributed by atoms with van der Waals surface area (Å²) in [5.74, 6) is -0.202. The molecule has 0 spiro atoms. The first-order valence-corrected chi connectivity index (χ1v) is 9.26. The van der Waals surface area contributed by atoms with Crippen molar-refractivity contribution in [2.24, 2.45) is 5.92 Å². The number of amides is 2. The Bertz CT molecular complexity index is 647. The molecule has 0 radical (unpaired) electrons. The molecule has 5 heteroatoms. The number of rotatable bonds is 4. The van der Waals surface area contributed by atoms with Crippen molar-refractivity contribution >= 4 is 11.8 Å². The first-order chi connectivity index (χ1) is 12.2. The minimum Gasteiger partial charge on any atom is -0.340 e. The average molecular weight is 339 g/mol. The molecule has 1 aliphatic carbocycles. The van der Waals surface area contributed by atoms with E-state index in [0.29, 0.717) is 13.0 Å². The third kappa shape index (κ3) is 4.01. The zero-order valence-corrected chi connectivity index (χ0v) is 14.5. The molecule has 0 aromatic heterocycles. The van der Waals surface area contributed by atoms with E-state index in [4.69, 9.17) is 0 Å². The molecule has 1 aromatic carbocycles. The maximum Gasteiger partial charge on any atom is 0.250 e. The van der Waals surface area contributed by atoms with Crippen LogP contribution in [0.4, 0.5) is 0 Å². The number of likely N-dealkylation sites (tertiary alicyclic amines) is 1. The van der Waals surface area contributed by atoms with Gasteiger partial charge in [0.05, 0.1) is 6.07 Å². The topological polar surface area (TPSA) is 73.2 Å². The lowest BCUT2D eigenvalue weighted by molar-refractivity contribution is -0.138. The summed E-state index contributed by atoms with van der Waals surface area (Å²) in [6.07, 6.45) is 6.66. The summed E-state index contributed by atoms with van der Waals surface area (Å²) in [6, 6.07) is 10.5. The maximum absolute atomic E-state index is 13.1. The normalized spacial score (nSPS) is 22.2. The summed E-state index contributed by atoms with van der Waals surface area (Å²) in [4.78, 5) is 27.4. The quantitative estimate of drug-likeness (QED) is 0.916. The Balaban J connectivity index is 1.79. The molecule has 1 saturated heterocycles. The van der Waals surface area contributed by atoms with Crippen molar-refractivity contribution in [3.8, 4) is 6.07 Å². The maximum atomic E-state index is 13.1. The van der Waals surface area contributed by atoms with E-state index < -0.39 is 6.04 Å². The van der Waals surface area contributed by atoms with Crippen molar-refractivity contribution in [2.75, 3.05) is 6.54 Å². The Labute approximate surface area is 149 Å². The van der Waals surface area contributed by atoms with Crippen LogP contribution in [0.1, 0.15) is 56.6 Å². The van der Waals surface area contributed by atoms with Gasteiger partial charge in [0, 0.05) is 12.5 Å². The van der Waals surface area contributed by atoms with E-state index in [-0.39, 0.29) is 23.8 Å². The summed E-state index contributed by atoms with van der Waals surface area (Å²) in [5, 5.41) is 12.3. The van der Waals surface area contributed by atoms with Crippen LogP contribution in [-0.4, -0.2) is 29.3 Å². The van der Waals surface area contributed by atoms with Gasteiger partial charge in [0.25, 0.3) is 5.91 Å². The molecule has 2 fully saturated rings. The second-order valence-electron chi connectivity index (χ2n) is 7.01. The fourth-order valence-corrected chi connectivity index (χ4v) is 3.89. The number of carbonyl (C=O) groups is 2. The molecule has 0 bridgehead atoms. The highest BCUT2D eigenvalue weighted by Crippen LogP contribution is 2.27. The predicted molar refractivity (Wildman–Crippen MR) is 94.2 cm³/mol. The average Bonchev–Trinajstić information content (AvgIpc) is 3.15. The highest BCUT2D eigenvalue weighted by Gasteiger charge is 2.35. The molecule has 1 aromatic rings. The molecule has 132 valence electrons. The summed E-state index contributed by atoms with van der Waals surface area (Å²) >= 11 is 0. The fourth-order valence-electron chi connectivity index (χ4n) is 3.89. The molecule has 3 rings (SSSR count). The van der Waals surface area contributed by atoms with Crippen molar-refractivity contribution in [1.29, 1.82) is 5.26 Å². The zero-order chi connectivity index (χ0) is 17.6. The van der Waals surface area contributed by atoms with Crippen LogP contribution in [0.3, 0.4) is 0 Å². The molecule has 2 aliphatic rings. The number of benzene rings is 1. The van der Waals surface area contributed by atoms with E-state index in [1.165, 1.54) is 6.42 Å². The van der Waals surface area contributed by atoms with Gasteiger partial charge in [-0.15, -0.1) is 0 Å². The number of carbonyl (C=O) groups excluding carboxylic acids is 2. The second-order valence-corrected chi connectivity index (χ2v) is 7.01. The molecular weight excluding hydrogens is 314 g/mol. The van der Waals surface area contributed by atoms with Crippen molar-refractivity contribution in [1.82, 2.24) is 10.2 Å². The minimum atomic E-state index is -0.704. The Kier molecular flexibility index (Phi) is 5.70. The van der Waals surface area contributed by atoms with Gasteiger partial charge in [0.15, 0.2) is 0 Å². The minimum absolute atomic E-state index is 0.00176. The Morgan fingerprint density at radius 3 is 2.48 bits per heavy atom. The zero-order valence-electron chi connectivity index (χ0n) is 14.5. The smallest absolute Gasteiger partial charge is 0.250 e. The summed E-state index contributed by atoms with van der Waals surface area (Å²) in [5.41, 5.74) is 0.778. The van der Waals surface area contributed by atoms with Gasteiger partial charge in [-0.3, -0.25) is 9.59 Å². The van der Waals surface area contributed by atoms with Crippen LogP contribution >= 0.6 is 0 Å². The highest BCUT2D eigenvalue weighted by molar-refractivity contribution is 5.90. The molecule has 5 nitrogen and oxygen atoms in total. The Morgan fingerprint density at radius 1 is 1.08 bits per heavy atom. The molecule has 1 aliphatic heterocycles. The number of nitrogens with one attached hydrogen (secondary N) is 1. The molecule has 1 unspecified atom stereocenters. The van der Waals surface area contributed by atoms with E-state index in [1.54, 1.807) is 4.90 Å². The van der Waals surface area contributed by atoms with Crippen molar-refractivity contribution in [2.45, 2.75) is 57.0 Å². The third-order valence-corrected chi connectivity index (χ3v) is 5.33. The van der Waals surface area contributed by atoms with E-state index in [1.807, 2.05) is 30.3 Å². The molecule has 2 amide bonds. The van der Waals surface area contributed by atoms with Crippen molar-refractivity contribution < 1.29 is 9.59 Å². The molecule has 1 N–H and O–H groups in total. The van der Waals surface area contributed by atoms with Gasteiger partial charge >= 0.3 is 0 Å². The standard InChI is InChI=1S/C20H25N3O2/c21-14-17-12-7-13-23(17)20(25)18(15-8-3-1-4-9-15)22-19(24)16-10-5-2-6-11-16/h1,3-4,8-9,16-18H,2,5-7,10-13H2,(H,22,24)/t17?,18-/m0/s1. The predicted octanol–water partition coefficient (Wildman–Crippen LogP) is 2.94. The van der Waals surface area contributed by atoms with Crippen molar-refractivity contribution in [3.05, 3.63) is 35.9 Å². The van der Waals surface area contributed by atoms with Crippen LogP contribution < -0.4 is 5.32 Å². The lowest BCUT2D eigenvalue weighted by Crippen LogP contribution is -2.46. The lowest BCUT2D eigenvalue weighted by atomic mass is 9.88.